The molecule has 0 fully saturated rings. The fraction of sp³-hybridized carbons (Fsp3) is 0.174. The fourth-order valence-corrected chi connectivity index (χ4v) is 4.84. The third-order valence-corrected chi connectivity index (χ3v) is 6.22. The molecule has 7 nitrogen and oxygen atoms in total. The lowest BCUT2D eigenvalue weighted by molar-refractivity contribution is -0.136. The van der Waals surface area contributed by atoms with Gasteiger partial charge in [-0.3, -0.25) is 9.36 Å². The van der Waals surface area contributed by atoms with Crippen LogP contribution in [-0.2, 0) is 9.53 Å². The SMILES string of the molecule is COC(=O)C1=C(C)N=c2sc(=Cc3ccc4c(c3)OCO4)c(=O)n2C1c1ccccc1. The summed E-state index contributed by atoms with van der Waals surface area (Å²) in [6.45, 7) is 1.95. The molecule has 3 aromatic rings. The largest absolute Gasteiger partial charge is 0.466 e. The number of allylic oxidation sites excluding steroid dienone is 1. The maximum atomic E-state index is 13.5. The number of carbonyl (C=O) groups is 1. The van der Waals surface area contributed by atoms with Gasteiger partial charge in [0.25, 0.3) is 5.56 Å². The molecule has 0 amide bonds. The number of ether oxygens (including phenoxy) is 3. The molecule has 0 spiro atoms. The monoisotopic (exact) mass is 434 g/mol. The second kappa shape index (κ2) is 7.55. The zero-order valence-electron chi connectivity index (χ0n) is 16.8. The van der Waals surface area contributed by atoms with Crippen molar-refractivity contribution in [2.45, 2.75) is 13.0 Å². The number of methoxy groups -OCH3 is 1. The second-order valence-electron chi connectivity index (χ2n) is 7.10. The van der Waals surface area contributed by atoms with Crippen molar-refractivity contribution in [3.8, 4) is 11.5 Å². The average Bonchev–Trinajstić information content (AvgIpc) is 3.37. The first-order valence-corrected chi connectivity index (χ1v) is 10.4. The van der Waals surface area contributed by atoms with Gasteiger partial charge in [0.1, 0.15) is 0 Å². The highest BCUT2D eigenvalue weighted by Gasteiger charge is 2.32. The van der Waals surface area contributed by atoms with Gasteiger partial charge in [-0.1, -0.05) is 47.7 Å². The number of esters is 1. The van der Waals surface area contributed by atoms with Crippen molar-refractivity contribution < 1.29 is 19.0 Å². The van der Waals surface area contributed by atoms with Gasteiger partial charge >= 0.3 is 5.97 Å². The van der Waals surface area contributed by atoms with E-state index in [4.69, 9.17) is 14.2 Å². The quantitative estimate of drug-likeness (QED) is 0.590. The van der Waals surface area contributed by atoms with E-state index < -0.39 is 12.0 Å². The first kappa shape index (κ1) is 19.3. The van der Waals surface area contributed by atoms with Crippen molar-refractivity contribution in [2.75, 3.05) is 13.9 Å². The van der Waals surface area contributed by atoms with E-state index in [0.29, 0.717) is 32.1 Å². The van der Waals surface area contributed by atoms with E-state index in [0.717, 1.165) is 11.1 Å². The zero-order chi connectivity index (χ0) is 21.5. The number of rotatable bonds is 3. The Morgan fingerprint density at radius 2 is 1.97 bits per heavy atom. The molecule has 1 aromatic heterocycles. The predicted octanol–water partition coefficient (Wildman–Crippen LogP) is 2.14. The van der Waals surface area contributed by atoms with Crippen molar-refractivity contribution in [1.82, 2.24) is 4.57 Å². The summed E-state index contributed by atoms with van der Waals surface area (Å²) in [5.74, 6) is 0.827. The molecule has 3 heterocycles. The van der Waals surface area contributed by atoms with Gasteiger partial charge in [0, 0.05) is 0 Å². The Kier molecular flexibility index (Phi) is 4.71. The maximum absolute atomic E-state index is 13.5. The predicted molar refractivity (Wildman–Crippen MR) is 115 cm³/mol. The highest BCUT2D eigenvalue weighted by atomic mass is 32.1. The van der Waals surface area contributed by atoms with Gasteiger partial charge in [0.15, 0.2) is 16.3 Å². The lowest BCUT2D eigenvalue weighted by Gasteiger charge is -2.24. The van der Waals surface area contributed by atoms with Crippen molar-refractivity contribution >= 4 is 23.4 Å². The van der Waals surface area contributed by atoms with E-state index >= 15 is 0 Å². The van der Waals surface area contributed by atoms with Gasteiger partial charge in [0.2, 0.25) is 6.79 Å². The molecule has 31 heavy (non-hydrogen) atoms. The van der Waals surface area contributed by atoms with Gasteiger partial charge in [0.05, 0.1) is 29.0 Å². The van der Waals surface area contributed by atoms with Crippen LogP contribution in [-0.4, -0.2) is 24.4 Å². The number of thiazole rings is 1. The van der Waals surface area contributed by atoms with E-state index in [2.05, 4.69) is 4.99 Å². The second-order valence-corrected chi connectivity index (χ2v) is 8.11. The molecule has 2 aliphatic rings. The van der Waals surface area contributed by atoms with Crippen LogP contribution in [0.25, 0.3) is 6.08 Å². The van der Waals surface area contributed by atoms with E-state index in [1.165, 1.54) is 18.4 Å². The van der Waals surface area contributed by atoms with Crippen LogP contribution in [0.3, 0.4) is 0 Å². The number of carbonyl (C=O) groups excluding carboxylic acids is 1. The summed E-state index contributed by atoms with van der Waals surface area (Å²) >= 11 is 1.28. The van der Waals surface area contributed by atoms with Crippen LogP contribution in [0.15, 0.2) is 69.6 Å². The zero-order valence-corrected chi connectivity index (χ0v) is 17.6. The Balaban J connectivity index is 1.71. The van der Waals surface area contributed by atoms with Crippen LogP contribution in [0.1, 0.15) is 24.1 Å². The van der Waals surface area contributed by atoms with Gasteiger partial charge in [-0.25, -0.2) is 9.79 Å². The molecule has 0 radical (unpaired) electrons. The highest BCUT2D eigenvalue weighted by molar-refractivity contribution is 7.07. The lowest BCUT2D eigenvalue weighted by Crippen LogP contribution is -2.39. The summed E-state index contributed by atoms with van der Waals surface area (Å²) in [5, 5.41) is 0. The van der Waals surface area contributed by atoms with Crippen LogP contribution in [0.4, 0.5) is 0 Å². The molecule has 2 aliphatic heterocycles. The minimum atomic E-state index is -0.608. The first-order chi connectivity index (χ1) is 15.1. The molecule has 1 atom stereocenters. The summed E-state index contributed by atoms with van der Waals surface area (Å²) in [6.07, 6.45) is 1.80. The third kappa shape index (κ3) is 3.25. The van der Waals surface area contributed by atoms with Crippen LogP contribution >= 0.6 is 11.3 Å². The first-order valence-electron chi connectivity index (χ1n) is 9.62. The molecule has 0 aliphatic carbocycles. The summed E-state index contributed by atoms with van der Waals surface area (Å²) < 4.78 is 17.9. The Labute approximate surface area is 181 Å². The average molecular weight is 434 g/mol. The minimum absolute atomic E-state index is 0.188. The van der Waals surface area contributed by atoms with Gasteiger partial charge in [-0.05, 0) is 36.3 Å². The number of hydrogen-bond donors (Lipinski definition) is 0. The van der Waals surface area contributed by atoms with E-state index in [1.807, 2.05) is 48.5 Å². The van der Waals surface area contributed by atoms with Crippen LogP contribution in [0.5, 0.6) is 11.5 Å². The molecule has 156 valence electrons. The number of fused-ring (bicyclic) bond motifs is 2. The van der Waals surface area contributed by atoms with E-state index in [-0.39, 0.29) is 12.4 Å². The summed E-state index contributed by atoms with van der Waals surface area (Å²) in [5.41, 5.74) is 2.30. The van der Waals surface area contributed by atoms with Crippen LogP contribution in [0, 0.1) is 0 Å². The molecule has 0 saturated heterocycles. The molecule has 0 bridgehead atoms. The number of nitrogens with zero attached hydrogens (tertiary/aromatic N) is 2. The molecule has 2 aromatic carbocycles. The summed E-state index contributed by atoms with van der Waals surface area (Å²) in [6, 6.07) is 14.3. The maximum Gasteiger partial charge on any atom is 0.338 e. The van der Waals surface area contributed by atoms with Crippen molar-refractivity contribution in [1.29, 1.82) is 0 Å². The molecule has 5 rings (SSSR count). The third-order valence-electron chi connectivity index (χ3n) is 5.24. The number of benzene rings is 2. The van der Waals surface area contributed by atoms with E-state index in [1.54, 1.807) is 17.6 Å². The van der Waals surface area contributed by atoms with Crippen molar-refractivity contribution in [2.24, 2.45) is 4.99 Å². The van der Waals surface area contributed by atoms with Crippen molar-refractivity contribution in [3.63, 3.8) is 0 Å². The van der Waals surface area contributed by atoms with Crippen LogP contribution in [0.2, 0.25) is 0 Å². The fourth-order valence-electron chi connectivity index (χ4n) is 3.80. The molecule has 0 saturated carbocycles. The number of aromatic nitrogens is 1. The lowest BCUT2D eigenvalue weighted by atomic mass is 9.96. The number of hydrogen-bond acceptors (Lipinski definition) is 7. The van der Waals surface area contributed by atoms with E-state index in [9.17, 15) is 9.59 Å². The highest BCUT2D eigenvalue weighted by Crippen LogP contribution is 2.33. The standard InChI is InChI=1S/C23H18N2O5S/c1-13-19(22(27)28-2)20(15-6-4-3-5-7-15)25-21(26)18(31-23(25)24-13)11-14-8-9-16-17(10-14)30-12-29-16/h3-11,20H,12H2,1-2H3. The summed E-state index contributed by atoms with van der Waals surface area (Å²) in [7, 11) is 1.33. The Hall–Kier alpha value is -3.65. The van der Waals surface area contributed by atoms with Gasteiger partial charge in [-0.2, -0.15) is 0 Å². The van der Waals surface area contributed by atoms with Gasteiger partial charge < -0.3 is 14.2 Å². The molecule has 8 heteroatoms. The Morgan fingerprint density at radius 1 is 1.19 bits per heavy atom. The normalized spacial score (nSPS) is 17.4. The van der Waals surface area contributed by atoms with Crippen LogP contribution < -0.4 is 24.4 Å². The summed E-state index contributed by atoms with van der Waals surface area (Å²) in [4.78, 5) is 31.1. The Bertz CT molecular complexity index is 1400. The molecule has 1 unspecified atom stereocenters. The molecular weight excluding hydrogens is 416 g/mol. The van der Waals surface area contributed by atoms with Crippen molar-refractivity contribution in [3.05, 3.63) is 90.6 Å². The smallest absolute Gasteiger partial charge is 0.338 e. The topological polar surface area (TPSA) is 79.1 Å². The molecule has 0 N–H and O–H groups in total. The minimum Gasteiger partial charge on any atom is -0.466 e. The Morgan fingerprint density at radius 3 is 2.74 bits per heavy atom. The molecular formula is C23H18N2O5S. The van der Waals surface area contributed by atoms with Gasteiger partial charge in [-0.15, -0.1) is 0 Å².